The van der Waals surface area contributed by atoms with Crippen molar-refractivity contribution in [3.63, 3.8) is 0 Å². The van der Waals surface area contributed by atoms with Gasteiger partial charge < -0.3 is 19.8 Å². The van der Waals surface area contributed by atoms with E-state index in [1.807, 2.05) is 19.9 Å². The summed E-state index contributed by atoms with van der Waals surface area (Å²) in [5.74, 6) is 1.10. The Labute approximate surface area is 119 Å². The fourth-order valence-corrected chi connectivity index (χ4v) is 2.41. The number of aliphatic hydroxyl groups is 1. The van der Waals surface area contributed by atoms with Crippen molar-refractivity contribution >= 4 is 6.03 Å². The van der Waals surface area contributed by atoms with Gasteiger partial charge in [0.2, 0.25) is 0 Å². The molecule has 2 rings (SSSR count). The first-order valence-corrected chi connectivity index (χ1v) is 7.22. The van der Waals surface area contributed by atoms with Gasteiger partial charge in [0, 0.05) is 18.5 Å². The van der Waals surface area contributed by atoms with E-state index < -0.39 is 0 Å². The van der Waals surface area contributed by atoms with Crippen LogP contribution in [0.2, 0.25) is 0 Å². The highest BCUT2D eigenvalue weighted by Gasteiger charge is 2.25. The molecule has 0 aliphatic carbocycles. The maximum absolute atomic E-state index is 12.1. The van der Waals surface area contributed by atoms with Crippen LogP contribution in [-0.4, -0.2) is 40.4 Å². The molecule has 2 N–H and O–H groups in total. The number of carbonyl (C=O) groups is 1. The van der Waals surface area contributed by atoms with Gasteiger partial charge in [0.1, 0.15) is 11.5 Å². The van der Waals surface area contributed by atoms with Crippen molar-refractivity contribution in [2.75, 3.05) is 13.2 Å². The Bertz CT molecular complexity index is 445. The van der Waals surface area contributed by atoms with E-state index in [2.05, 4.69) is 10.5 Å². The second-order valence-electron chi connectivity index (χ2n) is 5.56. The van der Waals surface area contributed by atoms with Gasteiger partial charge in [-0.15, -0.1) is 0 Å². The molecule has 2 amide bonds. The first-order chi connectivity index (χ1) is 9.61. The van der Waals surface area contributed by atoms with Crippen LogP contribution in [0.4, 0.5) is 4.79 Å². The second-order valence-corrected chi connectivity index (χ2v) is 5.56. The Morgan fingerprint density at radius 3 is 3.05 bits per heavy atom. The third-order valence-electron chi connectivity index (χ3n) is 3.67. The lowest BCUT2D eigenvalue weighted by Gasteiger charge is -2.34. The van der Waals surface area contributed by atoms with Crippen molar-refractivity contribution in [3.05, 3.63) is 17.5 Å². The first-order valence-electron chi connectivity index (χ1n) is 7.22. The number of carbonyl (C=O) groups excluding carboxylic acids is 1. The fraction of sp³-hybridized carbons (Fsp3) is 0.714. The number of piperidine rings is 1. The molecule has 0 saturated carbocycles. The quantitative estimate of drug-likeness (QED) is 0.883. The number of hydrogen-bond donors (Lipinski definition) is 2. The Kier molecular flexibility index (Phi) is 5.00. The molecule has 112 valence electrons. The minimum Gasteiger partial charge on any atom is -0.394 e. The average Bonchev–Trinajstić information content (AvgIpc) is 2.94. The third-order valence-corrected chi connectivity index (χ3v) is 3.67. The van der Waals surface area contributed by atoms with Crippen molar-refractivity contribution in [1.29, 1.82) is 0 Å². The molecule has 6 heteroatoms. The van der Waals surface area contributed by atoms with E-state index in [4.69, 9.17) is 4.52 Å². The van der Waals surface area contributed by atoms with Gasteiger partial charge in [0.05, 0.1) is 19.2 Å². The molecule has 6 nitrogen and oxygen atoms in total. The standard InChI is InChI=1S/C14H23N3O3/c1-10(2)13-7-11(16-20-13)8-15-14(19)17-6-4-3-5-12(17)9-18/h7,10,12,18H,3-6,8-9H2,1-2H3,(H,15,19)/t12-/m0/s1. The van der Waals surface area contributed by atoms with Crippen LogP contribution in [0.15, 0.2) is 10.6 Å². The predicted octanol–water partition coefficient (Wildman–Crippen LogP) is 1.85. The molecule has 1 aliphatic rings. The number of nitrogens with zero attached hydrogens (tertiary/aromatic N) is 2. The molecule has 1 aromatic heterocycles. The summed E-state index contributed by atoms with van der Waals surface area (Å²) in [7, 11) is 0. The van der Waals surface area contributed by atoms with Gasteiger partial charge in [-0.25, -0.2) is 4.79 Å². The maximum Gasteiger partial charge on any atom is 0.318 e. The molecule has 1 saturated heterocycles. The lowest BCUT2D eigenvalue weighted by atomic mass is 10.0. The zero-order valence-corrected chi connectivity index (χ0v) is 12.1. The van der Waals surface area contributed by atoms with E-state index in [0.29, 0.717) is 13.1 Å². The van der Waals surface area contributed by atoms with Gasteiger partial charge in [0.15, 0.2) is 0 Å². The van der Waals surface area contributed by atoms with Crippen molar-refractivity contribution in [3.8, 4) is 0 Å². The second kappa shape index (κ2) is 6.74. The smallest absolute Gasteiger partial charge is 0.318 e. The molecular formula is C14H23N3O3. The summed E-state index contributed by atoms with van der Waals surface area (Å²) in [4.78, 5) is 13.8. The van der Waals surface area contributed by atoms with Crippen LogP contribution in [0.25, 0.3) is 0 Å². The number of nitrogens with one attached hydrogen (secondary N) is 1. The summed E-state index contributed by atoms with van der Waals surface area (Å²) in [6.07, 6.45) is 2.92. The topological polar surface area (TPSA) is 78.6 Å². The molecule has 1 aliphatic heterocycles. The number of urea groups is 1. The lowest BCUT2D eigenvalue weighted by Crippen LogP contribution is -2.49. The normalized spacial score (nSPS) is 19.4. The summed E-state index contributed by atoms with van der Waals surface area (Å²) in [6, 6.07) is 1.66. The van der Waals surface area contributed by atoms with E-state index in [-0.39, 0.29) is 24.6 Å². The van der Waals surface area contributed by atoms with Gasteiger partial charge in [-0.3, -0.25) is 0 Å². The van der Waals surface area contributed by atoms with E-state index in [0.717, 1.165) is 30.7 Å². The molecule has 1 atom stereocenters. The van der Waals surface area contributed by atoms with Crippen molar-refractivity contribution < 1.29 is 14.4 Å². The molecular weight excluding hydrogens is 258 g/mol. The van der Waals surface area contributed by atoms with Gasteiger partial charge in [0.25, 0.3) is 0 Å². The molecule has 0 spiro atoms. The summed E-state index contributed by atoms with van der Waals surface area (Å²) in [6.45, 7) is 5.14. The molecule has 1 aromatic rings. The fourth-order valence-electron chi connectivity index (χ4n) is 2.41. The monoisotopic (exact) mass is 281 g/mol. The average molecular weight is 281 g/mol. The van der Waals surface area contributed by atoms with Gasteiger partial charge >= 0.3 is 6.03 Å². The van der Waals surface area contributed by atoms with E-state index in [1.165, 1.54) is 0 Å². The minimum absolute atomic E-state index is 0.0227. The Hall–Kier alpha value is -1.56. The van der Waals surface area contributed by atoms with E-state index >= 15 is 0 Å². The van der Waals surface area contributed by atoms with Crippen LogP contribution in [-0.2, 0) is 6.54 Å². The van der Waals surface area contributed by atoms with Crippen LogP contribution in [0.5, 0.6) is 0 Å². The zero-order valence-electron chi connectivity index (χ0n) is 12.1. The molecule has 0 unspecified atom stereocenters. The van der Waals surface area contributed by atoms with Crippen LogP contribution in [0.1, 0.15) is 50.5 Å². The van der Waals surface area contributed by atoms with Gasteiger partial charge in [-0.05, 0) is 19.3 Å². The first kappa shape index (κ1) is 14.8. The zero-order chi connectivity index (χ0) is 14.5. The summed E-state index contributed by atoms with van der Waals surface area (Å²) in [5, 5.41) is 16.1. The number of hydrogen-bond acceptors (Lipinski definition) is 4. The van der Waals surface area contributed by atoms with E-state index in [9.17, 15) is 9.90 Å². The van der Waals surface area contributed by atoms with Crippen molar-refractivity contribution in [2.24, 2.45) is 0 Å². The highest BCUT2D eigenvalue weighted by molar-refractivity contribution is 5.74. The SMILES string of the molecule is CC(C)c1cc(CNC(=O)N2CCCC[C@H]2CO)no1. The summed E-state index contributed by atoms with van der Waals surface area (Å²) in [5.41, 5.74) is 0.722. The molecule has 1 fully saturated rings. The third kappa shape index (κ3) is 3.50. The number of aromatic nitrogens is 1. The molecule has 20 heavy (non-hydrogen) atoms. The van der Waals surface area contributed by atoms with Gasteiger partial charge in [-0.2, -0.15) is 0 Å². The van der Waals surface area contributed by atoms with Crippen LogP contribution >= 0.6 is 0 Å². The number of aliphatic hydroxyl groups excluding tert-OH is 1. The summed E-state index contributed by atoms with van der Waals surface area (Å²) >= 11 is 0. The molecule has 0 bridgehead atoms. The van der Waals surface area contributed by atoms with Crippen molar-refractivity contribution in [1.82, 2.24) is 15.4 Å². The van der Waals surface area contributed by atoms with Crippen LogP contribution < -0.4 is 5.32 Å². The Morgan fingerprint density at radius 2 is 2.40 bits per heavy atom. The highest BCUT2D eigenvalue weighted by Crippen LogP contribution is 2.17. The maximum atomic E-state index is 12.1. The Morgan fingerprint density at radius 1 is 1.60 bits per heavy atom. The van der Waals surface area contributed by atoms with E-state index in [1.54, 1.807) is 4.90 Å². The minimum atomic E-state index is -0.141. The number of likely N-dealkylation sites (tertiary alicyclic amines) is 1. The summed E-state index contributed by atoms with van der Waals surface area (Å²) < 4.78 is 5.19. The lowest BCUT2D eigenvalue weighted by molar-refractivity contribution is 0.108. The van der Waals surface area contributed by atoms with Gasteiger partial charge in [-0.1, -0.05) is 19.0 Å². The molecule has 0 aromatic carbocycles. The number of amides is 2. The largest absolute Gasteiger partial charge is 0.394 e. The van der Waals surface area contributed by atoms with Crippen LogP contribution in [0, 0.1) is 0 Å². The van der Waals surface area contributed by atoms with Crippen molar-refractivity contribution in [2.45, 2.75) is 51.6 Å². The Balaban J connectivity index is 1.87. The molecule has 2 heterocycles. The predicted molar refractivity (Wildman–Crippen MR) is 74.3 cm³/mol. The highest BCUT2D eigenvalue weighted by atomic mass is 16.5. The van der Waals surface area contributed by atoms with Crippen LogP contribution in [0.3, 0.4) is 0 Å². The molecule has 0 radical (unpaired) electrons. The number of rotatable bonds is 4.